The molecule has 3 rings (SSSR count). The highest BCUT2D eigenvalue weighted by Crippen LogP contribution is 2.13. The van der Waals surface area contributed by atoms with Crippen LogP contribution in [0.3, 0.4) is 0 Å². The van der Waals surface area contributed by atoms with Crippen LogP contribution in [0.15, 0.2) is 36.5 Å². The van der Waals surface area contributed by atoms with Crippen molar-refractivity contribution in [1.29, 1.82) is 0 Å². The Bertz CT molecular complexity index is 802. The molecule has 1 N–H and O–H groups in total. The van der Waals surface area contributed by atoms with Crippen LogP contribution in [0.1, 0.15) is 5.56 Å². The van der Waals surface area contributed by atoms with E-state index in [0.29, 0.717) is 23.3 Å². The number of fused-ring (bicyclic) bond motifs is 1. The number of hydrogen-bond donors (Lipinski definition) is 1. The Morgan fingerprint density at radius 2 is 1.95 bits per heavy atom. The van der Waals surface area contributed by atoms with Gasteiger partial charge in [0, 0.05) is 18.8 Å². The van der Waals surface area contributed by atoms with Gasteiger partial charge >= 0.3 is 0 Å². The van der Waals surface area contributed by atoms with E-state index in [-0.39, 0.29) is 0 Å². The van der Waals surface area contributed by atoms with Crippen LogP contribution < -0.4 is 0 Å². The number of halogens is 2. The van der Waals surface area contributed by atoms with Gasteiger partial charge in [0.05, 0.1) is 5.52 Å². The lowest BCUT2D eigenvalue weighted by Gasteiger charge is -2.05. The largest absolute Gasteiger partial charge is 0.329 e. The fourth-order valence-corrected chi connectivity index (χ4v) is 2.48. The number of aryl methyl sites for hydroxylation is 2. The first-order valence-electron chi connectivity index (χ1n) is 6.12. The number of rotatable bonds is 3. The minimum absolute atomic E-state index is 0.479. The smallest absolute Gasteiger partial charge is 0.179 e. The molecule has 0 unspecified atom stereocenters. The maximum Gasteiger partial charge on any atom is 0.179 e. The zero-order chi connectivity index (χ0) is 14.1. The van der Waals surface area contributed by atoms with Crippen molar-refractivity contribution in [3.63, 3.8) is 0 Å². The molecule has 0 amide bonds. The molecule has 2 aromatic heterocycles. The average molecular weight is 291 g/mol. The molecule has 0 aliphatic heterocycles. The highest BCUT2D eigenvalue weighted by atomic mass is 32.1. The number of aromatic amines is 1. The maximum atomic E-state index is 13.1. The SMILES string of the molecule is Fc1cc(F)cc(CCn2c(=S)[nH]c3cccnc32)c1. The van der Waals surface area contributed by atoms with Gasteiger partial charge in [-0.05, 0) is 48.5 Å². The Morgan fingerprint density at radius 3 is 2.70 bits per heavy atom. The number of pyridine rings is 1. The van der Waals surface area contributed by atoms with E-state index in [4.69, 9.17) is 12.2 Å². The van der Waals surface area contributed by atoms with Crippen molar-refractivity contribution in [3.8, 4) is 0 Å². The van der Waals surface area contributed by atoms with E-state index in [1.807, 2.05) is 16.7 Å². The Kier molecular flexibility index (Phi) is 3.31. The molecule has 0 aliphatic carbocycles. The molecule has 0 fully saturated rings. The third-order valence-electron chi connectivity index (χ3n) is 3.08. The average Bonchev–Trinajstić information content (AvgIpc) is 2.71. The topological polar surface area (TPSA) is 33.6 Å². The molecule has 3 nitrogen and oxygen atoms in total. The van der Waals surface area contributed by atoms with E-state index < -0.39 is 11.6 Å². The molecule has 0 aliphatic rings. The third-order valence-corrected chi connectivity index (χ3v) is 3.40. The first kappa shape index (κ1) is 12.9. The second-order valence-electron chi connectivity index (χ2n) is 4.48. The first-order chi connectivity index (χ1) is 9.63. The van der Waals surface area contributed by atoms with Gasteiger partial charge in [0.2, 0.25) is 0 Å². The summed E-state index contributed by atoms with van der Waals surface area (Å²) in [6, 6.07) is 7.22. The molecule has 20 heavy (non-hydrogen) atoms. The van der Waals surface area contributed by atoms with Gasteiger partial charge < -0.3 is 9.55 Å². The van der Waals surface area contributed by atoms with Crippen LogP contribution in [0.2, 0.25) is 0 Å². The molecule has 0 spiro atoms. The summed E-state index contributed by atoms with van der Waals surface area (Å²) in [5.74, 6) is -1.14. The fraction of sp³-hybridized carbons (Fsp3) is 0.143. The van der Waals surface area contributed by atoms with Crippen LogP contribution in [0.4, 0.5) is 8.78 Å². The summed E-state index contributed by atoms with van der Waals surface area (Å²) < 4.78 is 28.7. The van der Waals surface area contributed by atoms with E-state index in [1.165, 1.54) is 12.1 Å². The van der Waals surface area contributed by atoms with Crippen molar-refractivity contribution in [3.05, 3.63) is 58.5 Å². The molecule has 0 radical (unpaired) electrons. The predicted molar refractivity (Wildman–Crippen MR) is 75.0 cm³/mol. The zero-order valence-electron chi connectivity index (χ0n) is 10.4. The molecule has 3 aromatic rings. The van der Waals surface area contributed by atoms with Gasteiger partial charge in [-0.25, -0.2) is 13.8 Å². The van der Waals surface area contributed by atoms with Crippen LogP contribution >= 0.6 is 12.2 Å². The monoisotopic (exact) mass is 291 g/mol. The lowest BCUT2D eigenvalue weighted by Crippen LogP contribution is -2.03. The number of nitrogens with one attached hydrogen (secondary N) is 1. The minimum Gasteiger partial charge on any atom is -0.329 e. The maximum absolute atomic E-state index is 13.1. The van der Waals surface area contributed by atoms with E-state index in [2.05, 4.69) is 9.97 Å². The summed E-state index contributed by atoms with van der Waals surface area (Å²) in [5.41, 5.74) is 2.19. The van der Waals surface area contributed by atoms with Gasteiger partial charge in [0.1, 0.15) is 11.6 Å². The summed E-state index contributed by atoms with van der Waals surface area (Å²) in [6.45, 7) is 0.513. The van der Waals surface area contributed by atoms with Gasteiger partial charge in [-0.1, -0.05) is 0 Å². The van der Waals surface area contributed by atoms with Crippen molar-refractivity contribution >= 4 is 23.4 Å². The Balaban J connectivity index is 1.90. The lowest BCUT2D eigenvalue weighted by molar-refractivity contribution is 0.576. The second-order valence-corrected chi connectivity index (χ2v) is 4.87. The van der Waals surface area contributed by atoms with Crippen LogP contribution in [-0.4, -0.2) is 14.5 Å². The van der Waals surface area contributed by atoms with Gasteiger partial charge in [-0.15, -0.1) is 0 Å². The highest BCUT2D eigenvalue weighted by Gasteiger charge is 2.06. The quantitative estimate of drug-likeness (QED) is 0.748. The molecule has 0 bridgehead atoms. The molecular formula is C14H11F2N3S. The van der Waals surface area contributed by atoms with Crippen LogP contribution in [0.25, 0.3) is 11.2 Å². The molecule has 1 aromatic carbocycles. The van der Waals surface area contributed by atoms with Gasteiger partial charge in [-0.2, -0.15) is 0 Å². The molecule has 0 saturated carbocycles. The van der Waals surface area contributed by atoms with Crippen molar-refractivity contribution in [1.82, 2.24) is 14.5 Å². The second kappa shape index (κ2) is 5.13. The van der Waals surface area contributed by atoms with Crippen LogP contribution in [0, 0.1) is 16.4 Å². The molecule has 2 heterocycles. The molecular weight excluding hydrogens is 280 g/mol. The van der Waals surface area contributed by atoms with Crippen molar-refractivity contribution in [2.45, 2.75) is 13.0 Å². The number of nitrogens with zero attached hydrogens (tertiary/aromatic N) is 2. The molecule has 102 valence electrons. The highest BCUT2D eigenvalue weighted by molar-refractivity contribution is 7.71. The number of hydrogen-bond acceptors (Lipinski definition) is 2. The van der Waals surface area contributed by atoms with Gasteiger partial charge in [0.25, 0.3) is 0 Å². The van der Waals surface area contributed by atoms with Crippen molar-refractivity contribution in [2.24, 2.45) is 0 Å². The standard InChI is InChI=1S/C14H11F2N3S/c15-10-6-9(7-11(16)8-10)3-5-19-13-12(18-14(19)20)2-1-4-17-13/h1-2,4,6-8H,3,5H2,(H,18,20). The number of aromatic nitrogens is 3. The van der Waals surface area contributed by atoms with Crippen LogP contribution in [-0.2, 0) is 13.0 Å². The Labute approximate surface area is 118 Å². The van der Waals surface area contributed by atoms with E-state index in [9.17, 15) is 8.78 Å². The number of H-pyrrole nitrogens is 1. The summed E-state index contributed by atoms with van der Waals surface area (Å²) in [5, 5.41) is 0. The molecule has 0 atom stereocenters. The first-order valence-corrected chi connectivity index (χ1v) is 6.53. The fourth-order valence-electron chi connectivity index (χ4n) is 2.19. The van der Waals surface area contributed by atoms with Crippen molar-refractivity contribution in [2.75, 3.05) is 0 Å². The summed E-state index contributed by atoms with van der Waals surface area (Å²) in [6.07, 6.45) is 2.16. The minimum atomic E-state index is -0.569. The predicted octanol–water partition coefficient (Wildman–Crippen LogP) is 3.61. The molecule has 0 saturated heterocycles. The van der Waals surface area contributed by atoms with Gasteiger partial charge in [0.15, 0.2) is 10.4 Å². The Hall–Kier alpha value is -2.08. The van der Waals surface area contributed by atoms with Crippen LogP contribution in [0.5, 0.6) is 0 Å². The summed E-state index contributed by atoms with van der Waals surface area (Å²) in [7, 11) is 0. The lowest BCUT2D eigenvalue weighted by atomic mass is 10.1. The number of benzene rings is 1. The van der Waals surface area contributed by atoms with E-state index >= 15 is 0 Å². The Morgan fingerprint density at radius 1 is 1.20 bits per heavy atom. The van der Waals surface area contributed by atoms with Gasteiger partial charge in [-0.3, -0.25) is 0 Å². The summed E-state index contributed by atoms with van der Waals surface area (Å²) in [4.78, 5) is 7.32. The third kappa shape index (κ3) is 2.46. The van der Waals surface area contributed by atoms with E-state index in [1.54, 1.807) is 6.20 Å². The normalized spacial score (nSPS) is 11.1. The summed E-state index contributed by atoms with van der Waals surface area (Å²) >= 11 is 5.24. The van der Waals surface area contributed by atoms with Crippen molar-refractivity contribution < 1.29 is 8.78 Å². The number of imidazole rings is 1. The van der Waals surface area contributed by atoms with E-state index in [0.717, 1.165) is 17.2 Å². The molecule has 6 heteroatoms. The zero-order valence-corrected chi connectivity index (χ0v) is 11.3.